The second-order valence-corrected chi connectivity index (χ2v) is 6.69. The first-order valence-electron chi connectivity index (χ1n) is 8.94. The van der Waals surface area contributed by atoms with E-state index in [1.54, 1.807) is 24.3 Å². The number of rotatable bonds is 5. The van der Waals surface area contributed by atoms with Gasteiger partial charge in [0.15, 0.2) is 5.69 Å². The van der Waals surface area contributed by atoms with Crippen LogP contribution in [0.25, 0.3) is 5.69 Å². The van der Waals surface area contributed by atoms with Gasteiger partial charge in [-0.3, -0.25) is 9.59 Å². The van der Waals surface area contributed by atoms with E-state index in [1.807, 2.05) is 41.1 Å². The van der Waals surface area contributed by atoms with Crippen molar-refractivity contribution in [2.45, 2.75) is 25.7 Å². The Kier molecular flexibility index (Phi) is 4.46. The van der Waals surface area contributed by atoms with Crippen molar-refractivity contribution in [2.75, 3.05) is 10.6 Å². The molecule has 0 spiro atoms. The third kappa shape index (κ3) is 3.89. The largest absolute Gasteiger partial charge is 0.326 e. The molecule has 2 amide bonds. The number of amides is 2. The monoisotopic (exact) mass is 360 g/mol. The number of hydrogen-bond acceptors (Lipinski definition) is 3. The molecule has 4 rings (SSSR count). The lowest BCUT2D eigenvalue weighted by molar-refractivity contribution is -0.114. The highest BCUT2D eigenvalue weighted by Gasteiger charge is 2.29. The molecule has 27 heavy (non-hydrogen) atoms. The van der Waals surface area contributed by atoms with E-state index in [2.05, 4.69) is 15.7 Å². The fraction of sp³-hybridized carbons (Fsp3) is 0.190. The summed E-state index contributed by atoms with van der Waals surface area (Å²) >= 11 is 0. The summed E-state index contributed by atoms with van der Waals surface area (Å²) in [6.07, 6.45) is 2.25. The third-order valence-electron chi connectivity index (χ3n) is 4.41. The average Bonchev–Trinajstić information content (AvgIpc) is 3.40. The Balaban J connectivity index is 1.58. The van der Waals surface area contributed by atoms with E-state index in [9.17, 15) is 9.59 Å². The highest BCUT2D eigenvalue weighted by molar-refractivity contribution is 6.03. The molecular formula is C21H20N4O2. The molecule has 2 aromatic carbocycles. The minimum Gasteiger partial charge on any atom is -0.326 e. The molecule has 2 N–H and O–H groups in total. The molecule has 0 bridgehead atoms. The van der Waals surface area contributed by atoms with Gasteiger partial charge in [0.2, 0.25) is 5.91 Å². The molecule has 3 aromatic rings. The zero-order valence-corrected chi connectivity index (χ0v) is 15.0. The van der Waals surface area contributed by atoms with Gasteiger partial charge in [0.05, 0.1) is 5.69 Å². The van der Waals surface area contributed by atoms with Gasteiger partial charge in [-0.15, -0.1) is 0 Å². The molecule has 0 aliphatic heterocycles. The van der Waals surface area contributed by atoms with Gasteiger partial charge in [-0.2, -0.15) is 5.10 Å². The van der Waals surface area contributed by atoms with Crippen molar-refractivity contribution in [1.82, 2.24) is 9.78 Å². The van der Waals surface area contributed by atoms with Gasteiger partial charge in [0.25, 0.3) is 5.91 Å². The minimum atomic E-state index is -0.272. The summed E-state index contributed by atoms with van der Waals surface area (Å²) in [7, 11) is 0. The number of para-hydroxylation sites is 1. The van der Waals surface area contributed by atoms with Gasteiger partial charge >= 0.3 is 0 Å². The van der Waals surface area contributed by atoms with E-state index < -0.39 is 0 Å². The Morgan fingerprint density at radius 2 is 1.67 bits per heavy atom. The van der Waals surface area contributed by atoms with Crippen LogP contribution >= 0.6 is 0 Å². The first-order chi connectivity index (χ1) is 13.1. The van der Waals surface area contributed by atoms with Crippen molar-refractivity contribution in [2.24, 2.45) is 0 Å². The molecule has 0 unspecified atom stereocenters. The summed E-state index contributed by atoms with van der Waals surface area (Å²) in [6, 6.07) is 18.8. The predicted molar refractivity (Wildman–Crippen MR) is 104 cm³/mol. The number of hydrogen-bond donors (Lipinski definition) is 2. The van der Waals surface area contributed by atoms with Crippen molar-refractivity contribution < 1.29 is 9.59 Å². The highest BCUT2D eigenvalue weighted by atomic mass is 16.2. The van der Waals surface area contributed by atoms with E-state index in [0.717, 1.165) is 24.2 Å². The average molecular weight is 360 g/mol. The maximum Gasteiger partial charge on any atom is 0.276 e. The van der Waals surface area contributed by atoms with E-state index >= 15 is 0 Å². The van der Waals surface area contributed by atoms with Crippen LogP contribution in [0.4, 0.5) is 11.4 Å². The molecule has 1 heterocycles. The molecule has 0 radical (unpaired) electrons. The lowest BCUT2D eigenvalue weighted by Gasteiger charge is -2.07. The molecule has 1 fully saturated rings. The summed E-state index contributed by atoms with van der Waals surface area (Å²) in [5.41, 5.74) is 3.64. The molecule has 1 saturated carbocycles. The lowest BCUT2D eigenvalue weighted by Crippen LogP contribution is -2.13. The zero-order chi connectivity index (χ0) is 18.8. The van der Waals surface area contributed by atoms with Gasteiger partial charge in [-0.1, -0.05) is 24.3 Å². The zero-order valence-electron chi connectivity index (χ0n) is 15.0. The van der Waals surface area contributed by atoms with Crippen LogP contribution in [0.3, 0.4) is 0 Å². The Hall–Kier alpha value is -3.41. The highest BCUT2D eigenvalue weighted by Crippen LogP contribution is 2.41. The molecule has 6 nitrogen and oxygen atoms in total. The molecule has 0 atom stereocenters. The molecular weight excluding hydrogens is 340 g/mol. The SMILES string of the molecule is CC(=O)Nc1cccc(NC(=O)c2cc(C3CC3)n(-c3ccccc3)n2)c1. The van der Waals surface area contributed by atoms with Crippen LogP contribution in [0.2, 0.25) is 0 Å². The van der Waals surface area contributed by atoms with Crippen LogP contribution in [0.15, 0.2) is 60.7 Å². The number of benzene rings is 2. The first-order valence-corrected chi connectivity index (χ1v) is 8.94. The summed E-state index contributed by atoms with van der Waals surface area (Å²) in [6.45, 7) is 1.45. The fourth-order valence-corrected chi connectivity index (χ4v) is 3.03. The summed E-state index contributed by atoms with van der Waals surface area (Å²) in [5, 5.41) is 10.1. The standard InChI is InChI=1S/C21H20N4O2/c1-14(26)22-16-6-5-7-17(12-16)23-21(27)19-13-20(15-10-11-15)25(24-19)18-8-3-2-4-9-18/h2-9,12-13,15H,10-11H2,1H3,(H,22,26)(H,23,27). The van der Waals surface area contributed by atoms with Crippen molar-refractivity contribution in [1.29, 1.82) is 0 Å². The van der Waals surface area contributed by atoms with Crippen LogP contribution < -0.4 is 10.6 Å². The maximum absolute atomic E-state index is 12.7. The van der Waals surface area contributed by atoms with E-state index in [4.69, 9.17) is 0 Å². The topological polar surface area (TPSA) is 76.0 Å². The van der Waals surface area contributed by atoms with Gasteiger partial charge in [0, 0.05) is 29.9 Å². The molecule has 136 valence electrons. The Morgan fingerprint density at radius 3 is 2.33 bits per heavy atom. The van der Waals surface area contributed by atoms with Gasteiger partial charge in [-0.05, 0) is 49.2 Å². The smallest absolute Gasteiger partial charge is 0.276 e. The molecule has 1 aromatic heterocycles. The van der Waals surface area contributed by atoms with Crippen LogP contribution in [0.1, 0.15) is 41.9 Å². The van der Waals surface area contributed by atoms with Crippen molar-refractivity contribution in [3.63, 3.8) is 0 Å². The van der Waals surface area contributed by atoms with Crippen molar-refractivity contribution in [3.05, 3.63) is 72.1 Å². The van der Waals surface area contributed by atoms with Crippen LogP contribution in [0, 0.1) is 0 Å². The van der Waals surface area contributed by atoms with E-state index in [0.29, 0.717) is 23.0 Å². The van der Waals surface area contributed by atoms with Gasteiger partial charge in [0.1, 0.15) is 0 Å². The van der Waals surface area contributed by atoms with Crippen LogP contribution in [0.5, 0.6) is 0 Å². The lowest BCUT2D eigenvalue weighted by atomic mass is 10.2. The van der Waals surface area contributed by atoms with Gasteiger partial charge in [-0.25, -0.2) is 4.68 Å². The molecule has 1 aliphatic rings. The molecule has 1 aliphatic carbocycles. The fourth-order valence-electron chi connectivity index (χ4n) is 3.03. The number of anilines is 2. The number of nitrogens with zero attached hydrogens (tertiary/aromatic N) is 2. The van der Waals surface area contributed by atoms with Gasteiger partial charge < -0.3 is 10.6 Å². The second kappa shape index (κ2) is 7.07. The van der Waals surface area contributed by atoms with Crippen LogP contribution in [-0.2, 0) is 4.79 Å². The quantitative estimate of drug-likeness (QED) is 0.723. The number of nitrogens with one attached hydrogen (secondary N) is 2. The summed E-state index contributed by atoms with van der Waals surface area (Å²) in [4.78, 5) is 23.9. The Labute approximate surface area is 157 Å². The second-order valence-electron chi connectivity index (χ2n) is 6.69. The molecule has 0 saturated heterocycles. The summed E-state index contributed by atoms with van der Waals surface area (Å²) in [5.74, 6) is 0.0306. The normalized spacial score (nSPS) is 13.2. The Morgan fingerprint density at radius 1 is 0.963 bits per heavy atom. The predicted octanol–water partition coefficient (Wildman–Crippen LogP) is 3.96. The van der Waals surface area contributed by atoms with Crippen molar-refractivity contribution in [3.8, 4) is 5.69 Å². The summed E-state index contributed by atoms with van der Waals surface area (Å²) < 4.78 is 1.86. The number of carbonyl (C=O) groups excluding carboxylic acids is 2. The van der Waals surface area contributed by atoms with Crippen molar-refractivity contribution >= 4 is 23.2 Å². The first kappa shape index (κ1) is 17.0. The van der Waals surface area contributed by atoms with E-state index in [-0.39, 0.29) is 11.8 Å². The minimum absolute atomic E-state index is 0.158. The molecule has 6 heteroatoms. The van der Waals surface area contributed by atoms with E-state index in [1.165, 1.54) is 6.92 Å². The number of carbonyl (C=O) groups is 2. The number of aromatic nitrogens is 2. The third-order valence-corrected chi connectivity index (χ3v) is 4.41. The van der Waals surface area contributed by atoms with Crippen LogP contribution in [-0.4, -0.2) is 21.6 Å². The maximum atomic E-state index is 12.7. The Bertz CT molecular complexity index is 990.